The van der Waals surface area contributed by atoms with Crippen molar-refractivity contribution in [3.63, 3.8) is 0 Å². The van der Waals surface area contributed by atoms with Crippen LogP contribution < -0.4 is 16.0 Å². The Morgan fingerprint density at radius 3 is 2.83 bits per heavy atom. The fraction of sp³-hybridized carbons (Fsp3) is 0.200. The quantitative estimate of drug-likeness (QED) is 0.348. The van der Waals surface area contributed by atoms with Crippen LogP contribution in [-0.4, -0.2) is 28.4 Å². The number of benzene rings is 2. The third kappa shape index (κ3) is 5.21. The van der Waals surface area contributed by atoms with Crippen molar-refractivity contribution in [2.24, 2.45) is 10.8 Å². The van der Waals surface area contributed by atoms with Gasteiger partial charge in [-0.2, -0.15) is 9.78 Å². The van der Waals surface area contributed by atoms with Crippen molar-refractivity contribution in [2.45, 2.75) is 19.8 Å². The average molecular weight is 569 g/mol. The number of hydrogen-bond acceptors (Lipinski definition) is 5. The second-order valence-corrected chi connectivity index (χ2v) is 8.32. The molecule has 150 valence electrons. The Morgan fingerprint density at radius 2 is 2.14 bits per heavy atom. The minimum atomic E-state index is -0.537. The summed E-state index contributed by atoms with van der Waals surface area (Å²) in [6, 6.07) is 10.8. The predicted octanol–water partition coefficient (Wildman–Crippen LogP) is 3.46. The van der Waals surface area contributed by atoms with Gasteiger partial charge < -0.3 is 10.5 Å². The predicted molar refractivity (Wildman–Crippen MR) is 125 cm³/mol. The van der Waals surface area contributed by atoms with Crippen molar-refractivity contribution < 1.29 is 9.53 Å². The van der Waals surface area contributed by atoms with E-state index in [2.05, 4.69) is 48.6 Å². The fourth-order valence-electron chi connectivity index (χ4n) is 2.69. The highest BCUT2D eigenvalue weighted by Crippen LogP contribution is 2.21. The molecule has 9 heteroatoms. The Kier molecular flexibility index (Phi) is 7.01. The van der Waals surface area contributed by atoms with Gasteiger partial charge >= 0.3 is 0 Å². The van der Waals surface area contributed by atoms with E-state index in [0.717, 1.165) is 20.0 Å². The van der Waals surface area contributed by atoms with Crippen LogP contribution >= 0.6 is 38.5 Å². The van der Waals surface area contributed by atoms with Gasteiger partial charge in [-0.15, -0.1) is 0 Å². The van der Waals surface area contributed by atoms with Crippen molar-refractivity contribution >= 4 is 61.5 Å². The largest absolute Gasteiger partial charge is 0.483 e. The molecule has 0 radical (unpaired) electrons. The minimum absolute atomic E-state index is 0.183. The highest BCUT2D eigenvalue weighted by Gasteiger charge is 2.11. The van der Waals surface area contributed by atoms with Gasteiger partial charge in [0, 0.05) is 10.9 Å². The lowest BCUT2D eigenvalue weighted by atomic mass is 10.2. The molecule has 0 atom stereocenters. The van der Waals surface area contributed by atoms with Gasteiger partial charge in [-0.05, 0) is 71.0 Å². The number of nitrogens with two attached hydrogens (primary N) is 1. The number of aromatic nitrogens is 2. The number of nitrogens with zero attached hydrogens (tertiary/aromatic N) is 3. The van der Waals surface area contributed by atoms with Crippen LogP contribution in [0.4, 0.5) is 0 Å². The molecule has 3 aromatic rings. The highest BCUT2D eigenvalue weighted by molar-refractivity contribution is 14.1. The smallest absolute Gasteiger partial charge is 0.282 e. The van der Waals surface area contributed by atoms with Gasteiger partial charge in [0.15, 0.2) is 6.61 Å². The summed E-state index contributed by atoms with van der Waals surface area (Å²) in [6.45, 7) is 1.84. The zero-order valence-corrected chi connectivity index (χ0v) is 19.3. The molecule has 2 N–H and O–H groups in total. The molecule has 0 fully saturated rings. The first-order valence-electron chi connectivity index (χ1n) is 8.85. The van der Waals surface area contributed by atoms with Crippen LogP contribution in [0.1, 0.15) is 24.7 Å². The normalized spacial score (nSPS) is 11.3. The summed E-state index contributed by atoms with van der Waals surface area (Å²) >= 11 is 5.50. The Morgan fingerprint density at radius 1 is 1.34 bits per heavy atom. The summed E-state index contributed by atoms with van der Waals surface area (Å²) in [7, 11) is 0. The SMILES string of the molecule is CCCc1nc2ccc(Br)cc2c(=O)n1N=Cc1ccc(OCC(N)=O)c(I)c1. The Balaban J connectivity index is 1.98. The number of hydrogen-bond donors (Lipinski definition) is 1. The molecule has 7 nitrogen and oxygen atoms in total. The van der Waals surface area contributed by atoms with Crippen molar-refractivity contribution in [1.29, 1.82) is 0 Å². The number of rotatable bonds is 7. The second-order valence-electron chi connectivity index (χ2n) is 6.25. The lowest BCUT2D eigenvalue weighted by Crippen LogP contribution is -2.22. The van der Waals surface area contributed by atoms with Crippen molar-refractivity contribution in [3.8, 4) is 5.75 Å². The van der Waals surface area contributed by atoms with Crippen molar-refractivity contribution in [2.75, 3.05) is 6.61 Å². The van der Waals surface area contributed by atoms with E-state index in [1.165, 1.54) is 4.68 Å². The molecule has 0 aliphatic rings. The number of amides is 1. The van der Waals surface area contributed by atoms with Crippen LogP contribution in [0.25, 0.3) is 10.9 Å². The van der Waals surface area contributed by atoms with Gasteiger partial charge in [0.2, 0.25) is 0 Å². The third-order valence-corrected chi connectivity index (χ3v) is 5.33. The maximum absolute atomic E-state index is 13.0. The number of carbonyl (C=O) groups is 1. The average Bonchev–Trinajstić information content (AvgIpc) is 2.68. The number of primary amides is 1. The van der Waals surface area contributed by atoms with E-state index in [4.69, 9.17) is 10.5 Å². The van der Waals surface area contributed by atoms with Crippen LogP contribution in [0.5, 0.6) is 5.75 Å². The van der Waals surface area contributed by atoms with Crippen molar-refractivity contribution in [3.05, 3.63) is 66.2 Å². The molecule has 0 aliphatic heterocycles. The summed E-state index contributed by atoms with van der Waals surface area (Å²) in [6.07, 6.45) is 3.08. The first kappa shape index (κ1) is 21.4. The van der Waals surface area contributed by atoms with Gasteiger partial charge in [-0.3, -0.25) is 9.59 Å². The van der Waals surface area contributed by atoms with E-state index in [1.807, 2.05) is 25.1 Å². The van der Waals surface area contributed by atoms with Crippen LogP contribution in [0, 0.1) is 3.57 Å². The Bertz CT molecular complexity index is 1160. The van der Waals surface area contributed by atoms with Gasteiger partial charge in [-0.1, -0.05) is 22.9 Å². The number of carbonyl (C=O) groups excluding carboxylic acids is 1. The molecule has 1 amide bonds. The number of ether oxygens (including phenoxy) is 1. The maximum atomic E-state index is 13.0. The Labute approximate surface area is 189 Å². The molecule has 1 aromatic heterocycles. The molecule has 0 bridgehead atoms. The van der Waals surface area contributed by atoms with Crippen LogP contribution in [0.15, 0.2) is 50.8 Å². The molecule has 0 saturated carbocycles. The summed E-state index contributed by atoms with van der Waals surface area (Å²) in [5.74, 6) is 0.631. The summed E-state index contributed by atoms with van der Waals surface area (Å²) in [5, 5.41) is 4.90. The van der Waals surface area contributed by atoms with Gasteiger partial charge in [0.05, 0.1) is 20.7 Å². The monoisotopic (exact) mass is 568 g/mol. The van der Waals surface area contributed by atoms with Crippen molar-refractivity contribution in [1.82, 2.24) is 9.66 Å². The number of halogens is 2. The van der Waals surface area contributed by atoms with Gasteiger partial charge in [0.25, 0.3) is 11.5 Å². The van der Waals surface area contributed by atoms with E-state index in [9.17, 15) is 9.59 Å². The molecule has 0 unspecified atom stereocenters. The summed E-state index contributed by atoms with van der Waals surface area (Å²) < 4.78 is 8.31. The molecule has 0 aliphatic carbocycles. The molecule has 0 saturated heterocycles. The number of fused-ring (bicyclic) bond motifs is 1. The molecule has 3 rings (SSSR count). The zero-order valence-electron chi connectivity index (χ0n) is 15.6. The van der Waals surface area contributed by atoms with E-state index in [-0.39, 0.29) is 12.2 Å². The van der Waals surface area contributed by atoms with E-state index < -0.39 is 5.91 Å². The van der Waals surface area contributed by atoms with E-state index in [0.29, 0.717) is 28.9 Å². The highest BCUT2D eigenvalue weighted by atomic mass is 127. The van der Waals surface area contributed by atoms with E-state index >= 15 is 0 Å². The fourth-order valence-corrected chi connectivity index (χ4v) is 3.74. The number of aryl methyl sites for hydroxylation is 1. The summed E-state index contributed by atoms with van der Waals surface area (Å²) in [4.78, 5) is 28.5. The molecular weight excluding hydrogens is 551 g/mol. The lowest BCUT2D eigenvalue weighted by Gasteiger charge is -2.09. The van der Waals surface area contributed by atoms with Crippen LogP contribution in [-0.2, 0) is 11.2 Å². The second kappa shape index (κ2) is 9.49. The molecule has 29 heavy (non-hydrogen) atoms. The molecule has 1 heterocycles. The third-order valence-electron chi connectivity index (χ3n) is 4.00. The van der Waals surface area contributed by atoms with Crippen LogP contribution in [0.2, 0.25) is 0 Å². The zero-order chi connectivity index (χ0) is 21.0. The molecule has 2 aromatic carbocycles. The lowest BCUT2D eigenvalue weighted by molar-refractivity contribution is -0.119. The summed E-state index contributed by atoms with van der Waals surface area (Å²) in [5.41, 5.74) is 6.32. The molecular formula is C20H18BrIN4O3. The first-order valence-corrected chi connectivity index (χ1v) is 10.7. The van der Waals surface area contributed by atoms with E-state index in [1.54, 1.807) is 24.4 Å². The van der Waals surface area contributed by atoms with Gasteiger partial charge in [-0.25, -0.2) is 4.98 Å². The standard InChI is InChI=1S/C20H18BrIN4O3/c1-2-3-19-25-16-6-5-13(21)9-14(16)20(28)26(19)24-10-12-4-7-17(15(22)8-12)29-11-18(23)27/h4-10H,2-3,11H2,1H3,(H2,23,27). The topological polar surface area (TPSA) is 99.6 Å². The molecule has 0 spiro atoms. The minimum Gasteiger partial charge on any atom is -0.483 e. The van der Waals surface area contributed by atoms with Crippen LogP contribution in [0.3, 0.4) is 0 Å². The van der Waals surface area contributed by atoms with Gasteiger partial charge in [0.1, 0.15) is 11.6 Å². The Hall–Kier alpha value is -2.27. The maximum Gasteiger partial charge on any atom is 0.282 e. The first-order chi connectivity index (χ1) is 13.9.